The first kappa shape index (κ1) is 14.8. The van der Waals surface area contributed by atoms with Gasteiger partial charge in [-0.15, -0.1) is 0 Å². The van der Waals surface area contributed by atoms with Crippen LogP contribution in [0.3, 0.4) is 0 Å². The first-order chi connectivity index (χ1) is 8.40. The molecule has 0 aromatic heterocycles. The van der Waals surface area contributed by atoms with Gasteiger partial charge in [0.05, 0.1) is 12.2 Å². The van der Waals surface area contributed by atoms with Crippen LogP contribution in [0.15, 0.2) is 0 Å². The molecule has 1 N–H and O–H groups in total. The van der Waals surface area contributed by atoms with Crippen molar-refractivity contribution < 1.29 is 19.4 Å². The Hall–Kier alpha value is -1.30. The molecule has 2 unspecified atom stereocenters. The Bertz CT molecular complexity index is 298. The summed E-state index contributed by atoms with van der Waals surface area (Å²) in [6, 6.07) is -0.0533. The molecule has 1 heterocycles. The average molecular weight is 258 g/mol. The number of aliphatic carboxylic acids is 1. The summed E-state index contributed by atoms with van der Waals surface area (Å²) >= 11 is 0. The summed E-state index contributed by atoms with van der Waals surface area (Å²) in [5, 5.41) is 8.55. The number of carbonyl (C=O) groups is 2. The zero-order chi connectivity index (χ0) is 13.7. The first-order valence-electron chi connectivity index (χ1n) is 6.27. The molecule has 0 aliphatic carbocycles. The van der Waals surface area contributed by atoms with E-state index in [9.17, 15) is 9.59 Å². The highest BCUT2D eigenvalue weighted by Crippen LogP contribution is 2.12. The van der Waals surface area contributed by atoms with Gasteiger partial charge >= 0.3 is 12.0 Å². The lowest BCUT2D eigenvalue weighted by Crippen LogP contribution is -2.52. The van der Waals surface area contributed by atoms with E-state index in [2.05, 4.69) is 0 Å². The van der Waals surface area contributed by atoms with Gasteiger partial charge in [0.15, 0.2) is 0 Å². The van der Waals surface area contributed by atoms with Gasteiger partial charge in [-0.1, -0.05) is 0 Å². The van der Waals surface area contributed by atoms with Crippen molar-refractivity contribution in [1.29, 1.82) is 0 Å². The molecule has 104 valence electrons. The fourth-order valence-electron chi connectivity index (χ4n) is 2.14. The standard InChI is InChI=1S/C12H22N2O4/c1-9-7-14(8-10(2)18-9)12(17)13(3)6-4-5-11(15)16/h9-10H,4-8H2,1-3H3,(H,15,16). The zero-order valence-electron chi connectivity index (χ0n) is 11.3. The molecule has 0 saturated carbocycles. The molecular formula is C12H22N2O4. The van der Waals surface area contributed by atoms with Gasteiger partial charge in [0.2, 0.25) is 0 Å². The highest BCUT2D eigenvalue weighted by molar-refractivity contribution is 5.74. The van der Waals surface area contributed by atoms with Crippen molar-refractivity contribution in [3.05, 3.63) is 0 Å². The van der Waals surface area contributed by atoms with Crippen molar-refractivity contribution >= 4 is 12.0 Å². The number of urea groups is 1. The molecule has 0 bridgehead atoms. The second-order valence-corrected chi connectivity index (χ2v) is 4.86. The summed E-state index contributed by atoms with van der Waals surface area (Å²) in [5.41, 5.74) is 0. The van der Waals surface area contributed by atoms with Crippen LogP contribution in [0.4, 0.5) is 4.79 Å². The molecule has 6 heteroatoms. The Morgan fingerprint density at radius 1 is 1.33 bits per heavy atom. The number of morpholine rings is 1. The summed E-state index contributed by atoms with van der Waals surface area (Å²) in [4.78, 5) is 25.9. The summed E-state index contributed by atoms with van der Waals surface area (Å²) in [5.74, 6) is -0.829. The van der Waals surface area contributed by atoms with Crippen LogP contribution >= 0.6 is 0 Å². The van der Waals surface area contributed by atoms with Crippen LogP contribution in [-0.4, -0.2) is 65.8 Å². The molecule has 0 aromatic rings. The number of hydrogen-bond donors (Lipinski definition) is 1. The van der Waals surface area contributed by atoms with Crippen LogP contribution in [0.25, 0.3) is 0 Å². The van der Waals surface area contributed by atoms with Gasteiger partial charge in [-0.2, -0.15) is 0 Å². The van der Waals surface area contributed by atoms with Gasteiger partial charge in [0.1, 0.15) is 0 Å². The van der Waals surface area contributed by atoms with Crippen LogP contribution in [0.2, 0.25) is 0 Å². The fourth-order valence-corrected chi connectivity index (χ4v) is 2.14. The van der Waals surface area contributed by atoms with Crippen LogP contribution in [-0.2, 0) is 9.53 Å². The number of carboxylic acid groups (broad SMARTS) is 1. The molecule has 1 saturated heterocycles. The Morgan fingerprint density at radius 3 is 2.39 bits per heavy atom. The van der Waals surface area contributed by atoms with Crippen molar-refractivity contribution in [2.24, 2.45) is 0 Å². The van der Waals surface area contributed by atoms with E-state index in [-0.39, 0.29) is 24.7 Å². The third kappa shape index (κ3) is 4.52. The van der Waals surface area contributed by atoms with Crippen molar-refractivity contribution in [1.82, 2.24) is 9.80 Å². The van der Waals surface area contributed by atoms with Crippen molar-refractivity contribution in [2.75, 3.05) is 26.7 Å². The Kier molecular flexibility index (Phi) is 5.40. The molecule has 6 nitrogen and oxygen atoms in total. The Labute approximate surface area is 107 Å². The zero-order valence-corrected chi connectivity index (χ0v) is 11.3. The normalized spacial score (nSPS) is 23.8. The van der Waals surface area contributed by atoms with Crippen LogP contribution in [0, 0.1) is 0 Å². The van der Waals surface area contributed by atoms with E-state index in [1.807, 2.05) is 13.8 Å². The van der Waals surface area contributed by atoms with Gasteiger partial charge in [0.25, 0.3) is 0 Å². The third-order valence-corrected chi connectivity index (χ3v) is 2.90. The van der Waals surface area contributed by atoms with E-state index >= 15 is 0 Å². The molecule has 1 fully saturated rings. The topological polar surface area (TPSA) is 70.1 Å². The predicted octanol–water partition coefficient (Wildman–Crippen LogP) is 1.01. The maximum Gasteiger partial charge on any atom is 0.319 e. The maximum atomic E-state index is 12.1. The largest absolute Gasteiger partial charge is 0.481 e. The fraction of sp³-hybridized carbons (Fsp3) is 0.833. The van der Waals surface area contributed by atoms with E-state index in [4.69, 9.17) is 9.84 Å². The highest BCUT2D eigenvalue weighted by atomic mass is 16.5. The van der Waals surface area contributed by atoms with Gasteiger partial charge < -0.3 is 19.6 Å². The van der Waals surface area contributed by atoms with E-state index in [1.165, 1.54) is 0 Å². The summed E-state index contributed by atoms with van der Waals surface area (Å²) in [6.45, 7) is 5.53. The number of amides is 2. The molecule has 0 spiro atoms. The summed E-state index contributed by atoms with van der Waals surface area (Å²) in [6.07, 6.45) is 0.663. The smallest absolute Gasteiger partial charge is 0.319 e. The van der Waals surface area contributed by atoms with E-state index in [1.54, 1.807) is 16.8 Å². The second-order valence-electron chi connectivity index (χ2n) is 4.86. The number of ether oxygens (including phenoxy) is 1. The van der Waals surface area contributed by atoms with Crippen LogP contribution in [0.1, 0.15) is 26.7 Å². The van der Waals surface area contributed by atoms with E-state index in [0.717, 1.165) is 0 Å². The third-order valence-electron chi connectivity index (χ3n) is 2.90. The Morgan fingerprint density at radius 2 is 1.89 bits per heavy atom. The number of hydrogen-bond acceptors (Lipinski definition) is 3. The lowest BCUT2D eigenvalue weighted by atomic mass is 10.2. The van der Waals surface area contributed by atoms with E-state index in [0.29, 0.717) is 26.1 Å². The van der Waals surface area contributed by atoms with Gasteiger partial charge in [-0.05, 0) is 20.3 Å². The average Bonchev–Trinajstić information content (AvgIpc) is 2.26. The van der Waals surface area contributed by atoms with Gasteiger partial charge in [-0.3, -0.25) is 4.79 Å². The SMILES string of the molecule is CC1CN(C(=O)N(C)CCCC(=O)O)CC(C)O1. The van der Waals surface area contributed by atoms with Crippen LogP contribution in [0.5, 0.6) is 0 Å². The summed E-state index contributed by atoms with van der Waals surface area (Å²) < 4.78 is 5.57. The first-order valence-corrected chi connectivity index (χ1v) is 6.27. The molecule has 18 heavy (non-hydrogen) atoms. The number of carboxylic acids is 1. The minimum absolute atomic E-state index is 0.0464. The molecule has 1 rings (SSSR count). The quantitative estimate of drug-likeness (QED) is 0.817. The van der Waals surface area contributed by atoms with E-state index < -0.39 is 5.97 Å². The molecule has 2 amide bonds. The van der Waals surface area contributed by atoms with Crippen molar-refractivity contribution in [3.63, 3.8) is 0 Å². The van der Waals surface area contributed by atoms with Gasteiger partial charge in [-0.25, -0.2) is 4.79 Å². The molecule has 0 radical (unpaired) electrons. The molecule has 1 aliphatic rings. The lowest BCUT2D eigenvalue weighted by Gasteiger charge is -2.37. The summed E-state index contributed by atoms with van der Waals surface area (Å²) in [7, 11) is 1.70. The monoisotopic (exact) mass is 258 g/mol. The van der Waals surface area contributed by atoms with Crippen molar-refractivity contribution in [3.8, 4) is 0 Å². The lowest BCUT2D eigenvalue weighted by molar-refractivity contribution is -0.137. The second kappa shape index (κ2) is 6.58. The maximum absolute atomic E-state index is 12.1. The molecular weight excluding hydrogens is 236 g/mol. The molecule has 1 aliphatic heterocycles. The van der Waals surface area contributed by atoms with Crippen LogP contribution < -0.4 is 0 Å². The number of carbonyl (C=O) groups excluding carboxylic acids is 1. The molecule has 0 aromatic carbocycles. The number of nitrogens with zero attached hydrogens (tertiary/aromatic N) is 2. The Balaban J connectivity index is 2.40. The van der Waals surface area contributed by atoms with Gasteiger partial charge in [0, 0.05) is 33.1 Å². The predicted molar refractivity (Wildman–Crippen MR) is 66.5 cm³/mol. The number of rotatable bonds is 4. The highest BCUT2D eigenvalue weighted by Gasteiger charge is 2.27. The minimum Gasteiger partial charge on any atom is -0.481 e. The minimum atomic E-state index is -0.829. The van der Waals surface area contributed by atoms with Crippen molar-refractivity contribution in [2.45, 2.75) is 38.9 Å². The molecule has 2 atom stereocenters.